The quantitative estimate of drug-likeness (QED) is 0.723. The van der Waals surface area contributed by atoms with E-state index in [0.29, 0.717) is 6.42 Å². The van der Waals surface area contributed by atoms with Crippen LogP contribution in [0.15, 0.2) is 48.8 Å². The third kappa shape index (κ3) is 1.29. The first-order valence-electron chi connectivity index (χ1n) is 5.17. The fraction of sp³-hybridized carbons (Fsp3) is 0.0769. The van der Waals surface area contributed by atoms with Crippen LogP contribution < -0.4 is 4.90 Å². The molecule has 1 aromatic heterocycles. The third-order valence-corrected chi connectivity index (χ3v) is 2.72. The van der Waals surface area contributed by atoms with Crippen molar-refractivity contribution in [2.24, 2.45) is 0 Å². The molecule has 3 rings (SSSR count). The number of pyridine rings is 1. The molecule has 16 heavy (non-hydrogen) atoms. The first-order chi connectivity index (χ1) is 7.86. The number of rotatable bonds is 1. The largest absolute Gasteiger partial charge is 0.280 e. The van der Waals surface area contributed by atoms with Crippen molar-refractivity contribution in [3.8, 4) is 0 Å². The van der Waals surface area contributed by atoms with Crippen molar-refractivity contribution in [2.75, 3.05) is 4.90 Å². The monoisotopic (exact) mass is 210 g/mol. The second kappa shape index (κ2) is 3.45. The molecule has 1 amide bonds. The van der Waals surface area contributed by atoms with E-state index in [1.807, 2.05) is 36.4 Å². The van der Waals surface area contributed by atoms with Gasteiger partial charge in [-0.25, -0.2) is 0 Å². The van der Waals surface area contributed by atoms with Crippen molar-refractivity contribution in [3.05, 3.63) is 54.4 Å². The Balaban J connectivity index is 2.13. The Morgan fingerprint density at radius 1 is 1.12 bits per heavy atom. The third-order valence-electron chi connectivity index (χ3n) is 2.72. The van der Waals surface area contributed by atoms with Crippen LogP contribution in [0.4, 0.5) is 11.4 Å². The molecule has 0 saturated carbocycles. The smallest absolute Gasteiger partial charge is 0.236 e. The molecular weight excluding hydrogens is 200 g/mol. The van der Waals surface area contributed by atoms with Gasteiger partial charge in [0.2, 0.25) is 5.91 Å². The zero-order chi connectivity index (χ0) is 11.0. The minimum absolute atomic E-state index is 0.106. The number of nitrogens with zero attached hydrogens (tertiary/aromatic N) is 2. The van der Waals surface area contributed by atoms with E-state index in [-0.39, 0.29) is 5.91 Å². The summed E-state index contributed by atoms with van der Waals surface area (Å²) in [6, 6.07) is 11.6. The zero-order valence-electron chi connectivity index (χ0n) is 8.63. The number of carbonyl (C=O) groups excluding carboxylic acids is 1. The summed E-state index contributed by atoms with van der Waals surface area (Å²) in [5.41, 5.74) is 2.86. The summed E-state index contributed by atoms with van der Waals surface area (Å²) in [7, 11) is 0. The highest BCUT2D eigenvalue weighted by Crippen LogP contribution is 2.34. The van der Waals surface area contributed by atoms with Gasteiger partial charge in [0.05, 0.1) is 12.1 Å². The van der Waals surface area contributed by atoms with Crippen molar-refractivity contribution in [3.63, 3.8) is 0 Å². The van der Waals surface area contributed by atoms with Gasteiger partial charge in [-0.15, -0.1) is 0 Å². The second-order valence-electron chi connectivity index (χ2n) is 3.75. The molecule has 1 aromatic carbocycles. The van der Waals surface area contributed by atoms with Crippen molar-refractivity contribution in [1.82, 2.24) is 4.98 Å². The van der Waals surface area contributed by atoms with Crippen LogP contribution in [0.5, 0.6) is 0 Å². The van der Waals surface area contributed by atoms with Crippen molar-refractivity contribution in [1.29, 1.82) is 0 Å². The van der Waals surface area contributed by atoms with Crippen LogP contribution in [0.2, 0.25) is 0 Å². The minimum Gasteiger partial charge on any atom is -0.280 e. The van der Waals surface area contributed by atoms with E-state index in [2.05, 4.69) is 4.98 Å². The maximum Gasteiger partial charge on any atom is 0.236 e. The summed E-state index contributed by atoms with van der Waals surface area (Å²) in [4.78, 5) is 17.7. The molecule has 0 N–H and O–H groups in total. The van der Waals surface area contributed by atoms with E-state index >= 15 is 0 Å². The van der Waals surface area contributed by atoms with Gasteiger partial charge >= 0.3 is 0 Å². The molecule has 0 radical (unpaired) electrons. The van der Waals surface area contributed by atoms with Gasteiger partial charge in [0.25, 0.3) is 0 Å². The lowest BCUT2D eigenvalue weighted by Crippen LogP contribution is -2.20. The van der Waals surface area contributed by atoms with Crippen LogP contribution >= 0.6 is 0 Å². The Morgan fingerprint density at radius 2 is 1.94 bits per heavy atom. The average molecular weight is 210 g/mol. The lowest BCUT2D eigenvalue weighted by molar-refractivity contribution is -0.116. The predicted molar refractivity (Wildman–Crippen MR) is 61.5 cm³/mol. The average Bonchev–Trinajstić information content (AvgIpc) is 2.66. The molecule has 0 fully saturated rings. The van der Waals surface area contributed by atoms with Crippen LogP contribution in [0.25, 0.3) is 0 Å². The summed E-state index contributed by atoms with van der Waals surface area (Å²) in [5.74, 6) is 0.106. The first-order valence-corrected chi connectivity index (χ1v) is 5.17. The van der Waals surface area contributed by atoms with Crippen LogP contribution in [-0.4, -0.2) is 10.9 Å². The lowest BCUT2D eigenvalue weighted by Gasteiger charge is -2.16. The lowest BCUT2D eigenvalue weighted by atomic mass is 10.2. The van der Waals surface area contributed by atoms with E-state index in [9.17, 15) is 4.79 Å². The Kier molecular flexibility index (Phi) is 1.96. The molecule has 0 aliphatic carbocycles. The summed E-state index contributed by atoms with van der Waals surface area (Å²) >= 11 is 0. The maximum atomic E-state index is 11.9. The van der Waals surface area contributed by atoms with E-state index < -0.39 is 0 Å². The van der Waals surface area contributed by atoms with Crippen LogP contribution in [0.3, 0.4) is 0 Å². The number of benzene rings is 1. The number of anilines is 2. The number of hydrogen-bond acceptors (Lipinski definition) is 2. The van der Waals surface area contributed by atoms with Gasteiger partial charge in [-0.3, -0.25) is 14.7 Å². The summed E-state index contributed by atoms with van der Waals surface area (Å²) < 4.78 is 0. The molecule has 0 saturated heterocycles. The maximum absolute atomic E-state index is 11.9. The van der Waals surface area contributed by atoms with Gasteiger partial charge in [-0.2, -0.15) is 0 Å². The van der Waals surface area contributed by atoms with Gasteiger partial charge in [-0.05, 0) is 18.2 Å². The normalized spacial score (nSPS) is 14.0. The van der Waals surface area contributed by atoms with Crippen LogP contribution in [0, 0.1) is 0 Å². The molecule has 1 aliphatic heterocycles. The van der Waals surface area contributed by atoms with Gasteiger partial charge in [0, 0.05) is 23.6 Å². The molecule has 3 heteroatoms. The van der Waals surface area contributed by atoms with Crippen molar-refractivity contribution >= 4 is 17.3 Å². The van der Waals surface area contributed by atoms with Crippen LogP contribution in [0.1, 0.15) is 5.56 Å². The first kappa shape index (κ1) is 9.09. The van der Waals surface area contributed by atoms with Gasteiger partial charge in [0.15, 0.2) is 0 Å². The molecule has 0 bridgehead atoms. The molecular formula is C13H10N2O. The predicted octanol–water partition coefficient (Wildman–Crippen LogP) is 2.30. The Morgan fingerprint density at radius 3 is 2.75 bits per heavy atom. The zero-order valence-corrected chi connectivity index (χ0v) is 8.63. The van der Waals surface area contributed by atoms with Gasteiger partial charge in [0.1, 0.15) is 0 Å². The minimum atomic E-state index is 0.106. The summed E-state index contributed by atoms with van der Waals surface area (Å²) in [5, 5.41) is 0. The van der Waals surface area contributed by atoms with Crippen LogP contribution in [-0.2, 0) is 11.2 Å². The standard InChI is InChI=1S/C13H10N2O/c16-13-8-10-9-14-7-6-12(10)15(13)11-4-2-1-3-5-11/h1-7,9H,8H2. The Labute approximate surface area is 93.4 Å². The SMILES string of the molecule is O=C1Cc2cnccc2N1c1ccccc1. The van der Waals surface area contributed by atoms with E-state index in [4.69, 9.17) is 0 Å². The van der Waals surface area contributed by atoms with E-state index in [1.54, 1.807) is 17.3 Å². The highest BCUT2D eigenvalue weighted by molar-refractivity contribution is 6.07. The number of para-hydroxylation sites is 1. The Hall–Kier alpha value is -2.16. The molecule has 0 atom stereocenters. The van der Waals surface area contributed by atoms with Gasteiger partial charge in [-0.1, -0.05) is 18.2 Å². The molecule has 1 aliphatic rings. The molecule has 3 nitrogen and oxygen atoms in total. The highest BCUT2D eigenvalue weighted by Gasteiger charge is 2.28. The number of fused-ring (bicyclic) bond motifs is 1. The second-order valence-corrected chi connectivity index (χ2v) is 3.75. The molecule has 2 aromatic rings. The molecule has 0 spiro atoms. The number of hydrogen-bond donors (Lipinski definition) is 0. The van der Waals surface area contributed by atoms with Gasteiger partial charge < -0.3 is 0 Å². The number of amides is 1. The van der Waals surface area contributed by atoms with Crippen molar-refractivity contribution in [2.45, 2.75) is 6.42 Å². The summed E-state index contributed by atoms with van der Waals surface area (Å²) in [6.45, 7) is 0. The highest BCUT2D eigenvalue weighted by atomic mass is 16.2. The molecule has 78 valence electrons. The molecule has 0 unspecified atom stereocenters. The number of carbonyl (C=O) groups is 1. The Bertz CT molecular complexity index is 537. The topological polar surface area (TPSA) is 33.2 Å². The van der Waals surface area contributed by atoms with Crippen molar-refractivity contribution < 1.29 is 4.79 Å². The summed E-state index contributed by atoms with van der Waals surface area (Å²) in [6.07, 6.45) is 3.92. The fourth-order valence-corrected chi connectivity index (χ4v) is 2.01. The number of aromatic nitrogens is 1. The van der Waals surface area contributed by atoms with E-state index in [0.717, 1.165) is 16.9 Å². The fourth-order valence-electron chi connectivity index (χ4n) is 2.01. The van der Waals surface area contributed by atoms with E-state index in [1.165, 1.54) is 0 Å². The molecule has 2 heterocycles.